The second-order valence-electron chi connectivity index (χ2n) is 13.1. The third-order valence-electron chi connectivity index (χ3n) is 8.50. The lowest BCUT2D eigenvalue weighted by Gasteiger charge is -2.30. The van der Waals surface area contributed by atoms with Crippen LogP contribution >= 0.6 is 15.9 Å². The number of carboxylic acids is 1. The first kappa shape index (κ1) is 32.6. The molecule has 1 aromatic carbocycles. The summed E-state index contributed by atoms with van der Waals surface area (Å²) in [5, 5.41) is 28.6. The van der Waals surface area contributed by atoms with Crippen LogP contribution in [0.5, 0.6) is 0 Å². The topological polar surface area (TPSA) is 169 Å². The normalized spacial score (nSPS) is 28.2. The van der Waals surface area contributed by atoms with Crippen molar-refractivity contribution in [2.45, 2.75) is 102 Å². The predicted octanol–water partition coefficient (Wildman–Crippen LogP) is 3.93. The van der Waals surface area contributed by atoms with Crippen molar-refractivity contribution in [2.75, 3.05) is 6.54 Å². The van der Waals surface area contributed by atoms with E-state index >= 15 is 0 Å². The molecule has 3 N–H and O–H groups in total. The van der Waals surface area contributed by atoms with Crippen molar-refractivity contribution in [1.29, 1.82) is 0 Å². The first-order chi connectivity index (χ1) is 21.3. The molecule has 3 heterocycles. The van der Waals surface area contributed by atoms with Crippen LogP contribution in [0.3, 0.4) is 0 Å². The maximum absolute atomic E-state index is 14.2. The number of alkyl carbamates (subject to hydrolysis) is 1. The molecule has 1 aromatic heterocycles. The van der Waals surface area contributed by atoms with E-state index < -0.39 is 53.1 Å². The number of aliphatic carboxylic acids is 1. The lowest BCUT2D eigenvalue weighted by Crippen LogP contribution is -2.56. The van der Waals surface area contributed by atoms with Crippen LogP contribution in [0.4, 0.5) is 4.79 Å². The molecule has 2 fully saturated rings. The first-order valence-corrected chi connectivity index (χ1v) is 16.1. The second kappa shape index (κ2) is 12.9. The Bertz CT molecular complexity index is 1500. The molecule has 0 radical (unpaired) electrons. The van der Waals surface area contributed by atoms with E-state index in [0.29, 0.717) is 18.7 Å². The molecule has 4 unspecified atom stereocenters. The predicted molar refractivity (Wildman–Crippen MR) is 167 cm³/mol. The number of allylic oxidation sites excluding steroid dienone is 1. The number of fused-ring (bicyclic) bond motifs is 2. The summed E-state index contributed by atoms with van der Waals surface area (Å²) >= 11 is 3.50. The summed E-state index contributed by atoms with van der Waals surface area (Å²) in [5.41, 5.74) is -0.424. The molecule has 3 amide bonds. The molecule has 13 nitrogen and oxygen atoms in total. The van der Waals surface area contributed by atoms with E-state index in [0.717, 1.165) is 34.9 Å². The number of aryl methyl sites for hydroxylation is 1. The van der Waals surface area contributed by atoms with Crippen molar-refractivity contribution < 1.29 is 29.0 Å². The number of hydrogen-bond acceptors (Lipinski definition) is 8. The van der Waals surface area contributed by atoms with Crippen LogP contribution in [0.2, 0.25) is 0 Å². The zero-order valence-electron chi connectivity index (χ0n) is 26.0. The van der Waals surface area contributed by atoms with Crippen molar-refractivity contribution >= 4 is 39.8 Å². The van der Waals surface area contributed by atoms with Crippen molar-refractivity contribution in [3.05, 3.63) is 40.4 Å². The summed E-state index contributed by atoms with van der Waals surface area (Å²) in [4.78, 5) is 56.0. The van der Waals surface area contributed by atoms with Gasteiger partial charge in [0.25, 0.3) is 0 Å². The van der Waals surface area contributed by atoms with Crippen LogP contribution in [-0.4, -0.2) is 83.9 Å². The number of aromatic nitrogens is 4. The number of amides is 3. The molecule has 1 saturated heterocycles. The van der Waals surface area contributed by atoms with Gasteiger partial charge < -0.3 is 25.4 Å². The first-order valence-electron chi connectivity index (χ1n) is 15.4. The molecule has 1 aliphatic carbocycles. The standard InChI is InChI=1S/C31H40BrN7O6/c1-18-14-19(12-13-22(18)32)25-35-37-39(36-25)21-15-24-26(40)34-31(28(42)43)16-20(31)10-8-6-5-7-9-11-23(27(41)38(24)17-21)33-29(44)45-30(2,3)4/h8,10,12-14,20-21,23-24H,5-7,9,11,15-17H2,1-4H3,(H,33,44)(H,34,40)(H,42,43)/b10-8-/t20?,21-,23?,24?,31?/m1/s1. The molecule has 242 valence electrons. The summed E-state index contributed by atoms with van der Waals surface area (Å²) in [7, 11) is 0. The number of tetrazole rings is 1. The van der Waals surface area contributed by atoms with Gasteiger partial charge in [0.15, 0.2) is 0 Å². The van der Waals surface area contributed by atoms with Crippen LogP contribution in [-0.2, 0) is 19.1 Å². The quantitative estimate of drug-likeness (QED) is 0.404. The summed E-state index contributed by atoms with van der Waals surface area (Å²) in [6.45, 7) is 7.24. The fraction of sp³-hybridized carbons (Fsp3) is 0.581. The Morgan fingerprint density at radius 3 is 2.69 bits per heavy atom. The monoisotopic (exact) mass is 685 g/mol. The molecule has 0 spiro atoms. The summed E-state index contributed by atoms with van der Waals surface area (Å²) in [6, 6.07) is 3.23. The molecule has 2 aromatic rings. The number of carboxylic acid groups (broad SMARTS) is 1. The second-order valence-corrected chi connectivity index (χ2v) is 14.0. The van der Waals surface area contributed by atoms with Gasteiger partial charge in [-0.05, 0) is 82.4 Å². The van der Waals surface area contributed by atoms with E-state index in [9.17, 15) is 24.3 Å². The largest absolute Gasteiger partial charge is 0.479 e. The highest BCUT2D eigenvalue weighted by Gasteiger charge is 2.61. The highest BCUT2D eigenvalue weighted by molar-refractivity contribution is 9.10. The van der Waals surface area contributed by atoms with Gasteiger partial charge >= 0.3 is 12.1 Å². The Labute approximate surface area is 270 Å². The van der Waals surface area contributed by atoms with Crippen molar-refractivity contribution in [3.63, 3.8) is 0 Å². The molecule has 5 atom stereocenters. The number of rotatable bonds is 4. The number of nitrogens with zero attached hydrogens (tertiary/aromatic N) is 5. The molecule has 2 aliphatic heterocycles. The minimum Gasteiger partial charge on any atom is -0.479 e. The summed E-state index contributed by atoms with van der Waals surface area (Å²) in [5.74, 6) is -2.07. The summed E-state index contributed by atoms with van der Waals surface area (Å²) < 4.78 is 6.40. The highest BCUT2D eigenvalue weighted by Crippen LogP contribution is 2.45. The van der Waals surface area contributed by atoms with Gasteiger partial charge in [-0.2, -0.15) is 4.80 Å². The van der Waals surface area contributed by atoms with Crippen molar-refractivity contribution in [2.24, 2.45) is 5.92 Å². The van der Waals surface area contributed by atoms with Gasteiger partial charge in [0.2, 0.25) is 17.6 Å². The molecular weight excluding hydrogens is 646 g/mol. The van der Waals surface area contributed by atoms with E-state index in [4.69, 9.17) is 4.74 Å². The fourth-order valence-electron chi connectivity index (χ4n) is 5.97. The third kappa shape index (κ3) is 7.37. The van der Waals surface area contributed by atoms with Crippen LogP contribution in [0.15, 0.2) is 34.8 Å². The molecular formula is C31H40BrN7O6. The minimum atomic E-state index is -1.42. The van der Waals surface area contributed by atoms with E-state index in [1.807, 2.05) is 37.3 Å². The maximum Gasteiger partial charge on any atom is 0.408 e. The minimum absolute atomic E-state index is 0.0714. The van der Waals surface area contributed by atoms with E-state index in [-0.39, 0.29) is 25.3 Å². The number of carbonyl (C=O) groups is 4. The van der Waals surface area contributed by atoms with Crippen molar-refractivity contribution in [1.82, 2.24) is 35.7 Å². The van der Waals surface area contributed by atoms with E-state index in [1.54, 1.807) is 20.8 Å². The number of benzene rings is 1. The van der Waals surface area contributed by atoms with Crippen LogP contribution < -0.4 is 10.6 Å². The average molecular weight is 687 g/mol. The van der Waals surface area contributed by atoms with Gasteiger partial charge in [0.05, 0.1) is 6.04 Å². The Balaban J connectivity index is 1.45. The van der Waals surface area contributed by atoms with Gasteiger partial charge in [-0.1, -0.05) is 40.9 Å². The molecule has 0 bridgehead atoms. The van der Waals surface area contributed by atoms with Gasteiger partial charge in [-0.3, -0.25) is 9.59 Å². The Hall–Kier alpha value is -3.81. The molecule has 1 saturated carbocycles. The number of nitrogens with one attached hydrogen (secondary N) is 2. The van der Waals surface area contributed by atoms with Crippen LogP contribution in [0, 0.1) is 12.8 Å². The van der Waals surface area contributed by atoms with E-state index in [1.165, 1.54) is 9.70 Å². The Morgan fingerprint density at radius 2 is 1.98 bits per heavy atom. The summed E-state index contributed by atoms with van der Waals surface area (Å²) in [6.07, 6.45) is 6.94. The van der Waals surface area contributed by atoms with Gasteiger partial charge in [-0.25, -0.2) is 9.59 Å². The Morgan fingerprint density at radius 1 is 1.20 bits per heavy atom. The molecule has 45 heavy (non-hydrogen) atoms. The maximum atomic E-state index is 14.2. The SMILES string of the molecule is Cc1cc(-c2nnn([C@@H]3CC4C(=O)NC5(C(=O)O)CC5/C=C\CCCCCC(NC(=O)OC(C)(C)C)C(=O)N4C3)n2)ccc1Br. The highest BCUT2D eigenvalue weighted by atomic mass is 79.9. The van der Waals surface area contributed by atoms with Crippen LogP contribution in [0.25, 0.3) is 11.4 Å². The number of hydrogen-bond donors (Lipinski definition) is 3. The molecule has 14 heteroatoms. The van der Waals surface area contributed by atoms with Gasteiger partial charge in [0.1, 0.15) is 23.2 Å². The van der Waals surface area contributed by atoms with Gasteiger partial charge in [0, 0.05) is 28.9 Å². The van der Waals surface area contributed by atoms with E-state index in [2.05, 4.69) is 42.0 Å². The number of halogens is 1. The molecule has 3 aliphatic rings. The number of ether oxygens (including phenoxy) is 1. The lowest BCUT2D eigenvalue weighted by molar-refractivity contribution is -0.145. The number of carbonyl (C=O) groups excluding carboxylic acids is 3. The zero-order chi connectivity index (χ0) is 32.5. The fourth-order valence-corrected chi connectivity index (χ4v) is 6.22. The smallest absolute Gasteiger partial charge is 0.408 e. The van der Waals surface area contributed by atoms with Crippen LogP contribution in [0.1, 0.15) is 77.3 Å². The average Bonchev–Trinajstić information content (AvgIpc) is 3.28. The molecule has 5 rings (SSSR count). The van der Waals surface area contributed by atoms with Gasteiger partial charge in [-0.15, -0.1) is 10.2 Å². The zero-order valence-corrected chi connectivity index (χ0v) is 27.5. The Kier molecular flexibility index (Phi) is 9.33. The third-order valence-corrected chi connectivity index (χ3v) is 9.39. The van der Waals surface area contributed by atoms with Crippen molar-refractivity contribution in [3.8, 4) is 11.4 Å². The lowest BCUT2D eigenvalue weighted by atomic mass is 10.0.